The minimum Gasteiger partial charge on any atom is -0.479 e. The Labute approximate surface area is 147 Å². The van der Waals surface area contributed by atoms with Crippen molar-refractivity contribution in [2.75, 3.05) is 6.61 Å². The molecular weight excluding hydrogens is 347 g/mol. The van der Waals surface area contributed by atoms with E-state index in [1.807, 2.05) is 6.07 Å². The van der Waals surface area contributed by atoms with Crippen LogP contribution < -0.4 is 10.2 Å². The number of nitrogens with one attached hydrogen (secondary N) is 1. The van der Waals surface area contributed by atoms with Gasteiger partial charge in [-0.15, -0.1) is 0 Å². The Hall–Kier alpha value is -3.34. The summed E-state index contributed by atoms with van der Waals surface area (Å²) in [5, 5.41) is 12.2. The van der Waals surface area contributed by atoms with E-state index < -0.39 is 17.6 Å². The number of carbonyl (C=O) groups is 1. The van der Waals surface area contributed by atoms with Gasteiger partial charge < -0.3 is 4.74 Å². The Morgan fingerprint density at radius 1 is 1.23 bits per heavy atom. The molecule has 2 aromatic carbocycles. The number of hydrogen-bond acceptors (Lipinski definition) is 4. The van der Waals surface area contributed by atoms with Crippen molar-refractivity contribution >= 4 is 12.1 Å². The van der Waals surface area contributed by atoms with Gasteiger partial charge in [-0.25, -0.2) is 5.43 Å². The van der Waals surface area contributed by atoms with Gasteiger partial charge in [-0.3, -0.25) is 4.79 Å². The average molecular weight is 361 g/mol. The van der Waals surface area contributed by atoms with Crippen LogP contribution in [-0.2, 0) is 17.4 Å². The van der Waals surface area contributed by atoms with Gasteiger partial charge in [0.15, 0.2) is 6.61 Å². The molecule has 5 nitrogen and oxygen atoms in total. The molecule has 0 radical (unpaired) electrons. The predicted molar refractivity (Wildman–Crippen MR) is 88.4 cm³/mol. The fourth-order valence-electron chi connectivity index (χ4n) is 2.03. The minimum atomic E-state index is -4.45. The molecule has 26 heavy (non-hydrogen) atoms. The molecule has 0 saturated carbocycles. The monoisotopic (exact) mass is 361 g/mol. The highest BCUT2D eigenvalue weighted by Crippen LogP contribution is 2.29. The molecule has 0 saturated heterocycles. The van der Waals surface area contributed by atoms with E-state index >= 15 is 0 Å². The van der Waals surface area contributed by atoms with Crippen LogP contribution in [0.5, 0.6) is 5.75 Å². The highest BCUT2D eigenvalue weighted by Gasteiger charge is 2.30. The predicted octanol–water partition coefficient (Wildman–Crippen LogP) is 3.30. The third-order valence-electron chi connectivity index (χ3n) is 3.21. The second-order valence-electron chi connectivity index (χ2n) is 5.18. The van der Waals surface area contributed by atoms with Gasteiger partial charge in [-0.05, 0) is 41.5 Å². The fraction of sp³-hybridized carbons (Fsp3) is 0.167. The first-order valence-electron chi connectivity index (χ1n) is 7.46. The lowest BCUT2D eigenvalue weighted by molar-refractivity contribution is -0.137. The van der Waals surface area contributed by atoms with Crippen LogP contribution in [0.25, 0.3) is 0 Å². The van der Waals surface area contributed by atoms with E-state index in [9.17, 15) is 18.0 Å². The van der Waals surface area contributed by atoms with Crippen molar-refractivity contribution in [1.29, 1.82) is 5.26 Å². The average Bonchev–Trinajstić information content (AvgIpc) is 2.60. The van der Waals surface area contributed by atoms with Crippen LogP contribution in [0.15, 0.2) is 53.6 Å². The second kappa shape index (κ2) is 8.67. The maximum atomic E-state index is 12.6. The van der Waals surface area contributed by atoms with Crippen molar-refractivity contribution in [1.82, 2.24) is 5.43 Å². The maximum Gasteiger partial charge on any atom is 0.416 e. The molecule has 0 atom stereocenters. The van der Waals surface area contributed by atoms with Gasteiger partial charge in [0.2, 0.25) is 5.91 Å². The zero-order chi connectivity index (χ0) is 19.0. The van der Waals surface area contributed by atoms with Crippen molar-refractivity contribution in [2.45, 2.75) is 12.6 Å². The number of amides is 1. The maximum absolute atomic E-state index is 12.6. The molecule has 0 bridgehead atoms. The van der Waals surface area contributed by atoms with E-state index in [2.05, 4.69) is 10.5 Å². The number of nitrogens with zero attached hydrogens (tertiary/aromatic N) is 2. The van der Waals surface area contributed by atoms with E-state index in [1.54, 1.807) is 24.3 Å². The van der Waals surface area contributed by atoms with Gasteiger partial charge in [0.1, 0.15) is 11.8 Å². The standard InChI is InChI=1S/C18H14F3N3O2/c19-18(20,21)15-3-1-2-14(10-15)11-17(25)24-23-12-13-4-6-16(7-5-13)26-9-8-22/h1-7,10,12H,9,11H2,(H,24,25)/b23-12-. The van der Waals surface area contributed by atoms with Crippen LogP contribution in [-0.4, -0.2) is 18.7 Å². The third-order valence-corrected chi connectivity index (χ3v) is 3.21. The number of benzene rings is 2. The van der Waals surface area contributed by atoms with Gasteiger partial charge in [0.25, 0.3) is 0 Å². The molecule has 1 amide bonds. The van der Waals surface area contributed by atoms with Crippen LogP contribution in [0.2, 0.25) is 0 Å². The number of rotatable bonds is 6. The van der Waals surface area contributed by atoms with Gasteiger partial charge in [-0.1, -0.05) is 18.2 Å². The van der Waals surface area contributed by atoms with Crippen molar-refractivity contribution in [3.8, 4) is 11.8 Å². The second-order valence-corrected chi connectivity index (χ2v) is 5.18. The number of ether oxygens (including phenoxy) is 1. The van der Waals surface area contributed by atoms with Crippen molar-refractivity contribution in [2.24, 2.45) is 5.10 Å². The first-order chi connectivity index (χ1) is 12.4. The first-order valence-corrected chi connectivity index (χ1v) is 7.46. The summed E-state index contributed by atoms with van der Waals surface area (Å²) in [5.41, 5.74) is 2.38. The summed E-state index contributed by atoms with van der Waals surface area (Å²) >= 11 is 0. The molecule has 0 aliphatic heterocycles. The molecule has 2 rings (SSSR count). The Bertz CT molecular complexity index is 825. The number of halogens is 3. The SMILES string of the molecule is N#CCOc1ccc(/C=N\NC(=O)Cc2cccc(C(F)(F)F)c2)cc1. The summed E-state index contributed by atoms with van der Waals surface area (Å²) in [6.07, 6.45) is -3.28. The van der Waals surface area contributed by atoms with Crippen molar-refractivity contribution in [3.63, 3.8) is 0 Å². The van der Waals surface area contributed by atoms with Crippen LogP contribution >= 0.6 is 0 Å². The quantitative estimate of drug-likeness (QED) is 0.634. The largest absolute Gasteiger partial charge is 0.479 e. The highest BCUT2D eigenvalue weighted by molar-refractivity contribution is 5.83. The lowest BCUT2D eigenvalue weighted by Crippen LogP contribution is -2.20. The molecule has 134 valence electrons. The molecule has 2 aromatic rings. The zero-order valence-corrected chi connectivity index (χ0v) is 13.5. The van der Waals surface area contributed by atoms with E-state index in [1.165, 1.54) is 18.3 Å². The molecule has 0 aliphatic rings. The van der Waals surface area contributed by atoms with Crippen LogP contribution in [0.1, 0.15) is 16.7 Å². The van der Waals surface area contributed by atoms with Gasteiger partial charge in [0, 0.05) is 0 Å². The summed E-state index contributed by atoms with van der Waals surface area (Å²) in [7, 11) is 0. The molecule has 0 heterocycles. The van der Waals surface area contributed by atoms with Crippen molar-refractivity contribution in [3.05, 3.63) is 65.2 Å². The van der Waals surface area contributed by atoms with Gasteiger partial charge in [-0.2, -0.15) is 23.5 Å². The van der Waals surface area contributed by atoms with Crippen LogP contribution in [0, 0.1) is 11.3 Å². The van der Waals surface area contributed by atoms with E-state index in [0.717, 1.165) is 12.1 Å². The summed E-state index contributed by atoms with van der Waals surface area (Å²) in [5.74, 6) is -0.00756. The summed E-state index contributed by atoms with van der Waals surface area (Å²) < 4.78 is 43.0. The summed E-state index contributed by atoms with van der Waals surface area (Å²) in [6.45, 7) is -0.0565. The van der Waals surface area contributed by atoms with E-state index in [0.29, 0.717) is 11.3 Å². The van der Waals surface area contributed by atoms with E-state index in [-0.39, 0.29) is 18.6 Å². The fourth-order valence-corrected chi connectivity index (χ4v) is 2.03. The number of nitriles is 1. The summed E-state index contributed by atoms with van der Waals surface area (Å²) in [6, 6.07) is 13.1. The first kappa shape index (κ1) is 19.0. The van der Waals surface area contributed by atoms with Crippen LogP contribution in [0.4, 0.5) is 13.2 Å². The number of alkyl halides is 3. The summed E-state index contributed by atoms with van der Waals surface area (Å²) in [4.78, 5) is 11.8. The molecule has 0 aliphatic carbocycles. The Morgan fingerprint density at radius 3 is 2.62 bits per heavy atom. The molecule has 0 fully saturated rings. The van der Waals surface area contributed by atoms with Crippen molar-refractivity contribution < 1.29 is 22.7 Å². The Morgan fingerprint density at radius 2 is 1.96 bits per heavy atom. The number of hydrogen-bond donors (Lipinski definition) is 1. The lowest BCUT2D eigenvalue weighted by atomic mass is 10.1. The normalized spacial score (nSPS) is 11.2. The lowest BCUT2D eigenvalue weighted by Gasteiger charge is -2.08. The third kappa shape index (κ3) is 5.94. The molecular formula is C18H14F3N3O2. The molecule has 0 aromatic heterocycles. The number of carbonyl (C=O) groups excluding carboxylic acids is 1. The minimum absolute atomic E-state index is 0.0565. The number of hydrazone groups is 1. The zero-order valence-electron chi connectivity index (χ0n) is 13.5. The van der Waals surface area contributed by atoms with Gasteiger partial charge in [0.05, 0.1) is 18.2 Å². The molecule has 1 N–H and O–H groups in total. The Kier molecular flexibility index (Phi) is 6.33. The smallest absolute Gasteiger partial charge is 0.416 e. The molecule has 0 unspecified atom stereocenters. The Balaban J connectivity index is 1.88. The molecule has 8 heteroatoms. The topological polar surface area (TPSA) is 74.5 Å². The van der Waals surface area contributed by atoms with Gasteiger partial charge >= 0.3 is 6.18 Å². The molecule has 0 spiro atoms. The van der Waals surface area contributed by atoms with E-state index in [4.69, 9.17) is 10.00 Å². The van der Waals surface area contributed by atoms with Crippen LogP contribution in [0.3, 0.4) is 0 Å². The highest BCUT2D eigenvalue weighted by atomic mass is 19.4.